The number of carbonyl (C=O) groups excluding carboxylic acids is 2. The maximum absolute atomic E-state index is 11.2. The van der Waals surface area contributed by atoms with Crippen LogP contribution >= 0.6 is 0 Å². The summed E-state index contributed by atoms with van der Waals surface area (Å²) >= 11 is 0. The molecule has 0 aliphatic heterocycles. The second-order valence-electron chi connectivity index (χ2n) is 4.75. The highest BCUT2D eigenvalue weighted by Crippen LogP contribution is 2.00. The Morgan fingerprint density at radius 2 is 1.44 bits per heavy atom. The zero-order valence-electron chi connectivity index (χ0n) is 11.7. The zero-order chi connectivity index (χ0) is 14.0. The van der Waals surface area contributed by atoms with Gasteiger partial charge in [-0.1, -0.05) is 27.7 Å². The van der Waals surface area contributed by atoms with E-state index in [1.165, 1.54) is 0 Å². The van der Waals surface area contributed by atoms with Crippen LogP contribution in [0.15, 0.2) is 0 Å². The molecule has 0 unspecified atom stereocenters. The molecule has 0 rings (SSSR count). The van der Waals surface area contributed by atoms with Gasteiger partial charge >= 0.3 is 11.9 Å². The van der Waals surface area contributed by atoms with E-state index in [-0.39, 0.29) is 31.1 Å². The van der Waals surface area contributed by atoms with Crippen LogP contribution in [-0.4, -0.2) is 38.4 Å². The summed E-state index contributed by atoms with van der Waals surface area (Å²) in [6, 6.07) is 0. The molecule has 0 saturated carbocycles. The topological polar surface area (TPSA) is 61.8 Å². The maximum atomic E-state index is 11.2. The van der Waals surface area contributed by atoms with E-state index < -0.39 is 0 Å². The number of hydrogen-bond acceptors (Lipinski definition) is 5. The quantitative estimate of drug-likeness (QED) is 0.467. The molecule has 0 atom stereocenters. The third kappa shape index (κ3) is 10.1. The van der Waals surface area contributed by atoms with E-state index in [1.54, 1.807) is 13.8 Å². The Morgan fingerprint density at radius 3 is 1.94 bits per heavy atom. The largest absolute Gasteiger partial charge is 0.463 e. The van der Waals surface area contributed by atoms with E-state index in [9.17, 15) is 9.59 Å². The van der Waals surface area contributed by atoms with Gasteiger partial charge in [0.2, 0.25) is 0 Å². The van der Waals surface area contributed by atoms with Crippen molar-refractivity contribution in [2.45, 2.75) is 34.1 Å². The van der Waals surface area contributed by atoms with Crippen molar-refractivity contribution >= 4 is 11.9 Å². The van der Waals surface area contributed by atoms with Crippen molar-refractivity contribution in [3.8, 4) is 0 Å². The van der Waals surface area contributed by atoms with Gasteiger partial charge in [-0.05, 0) is 5.92 Å². The van der Waals surface area contributed by atoms with Crippen LogP contribution in [0.4, 0.5) is 0 Å². The van der Waals surface area contributed by atoms with E-state index in [4.69, 9.17) is 14.2 Å². The van der Waals surface area contributed by atoms with E-state index >= 15 is 0 Å². The molecule has 18 heavy (non-hydrogen) atoms. The Kier molecular flexibility index (Phi) is 9.28. The monoisotopic (exact) mass is 260 g/mol. The molecule has 0 aromatic rings. The first-order valence-electron chi connectivity index (χ1n) is 6.33. The van der Waals surface area contributed by atoms with Crippen molar-refractivity contribution in [1.29, 1.82) is 0 Å². The Morgan fingerprint density at radius 1 is 0.889 bits per heavy atom. The van der Waals surface area contributed by atoms with Gasteiger partial charge in [-0.2, -0.15) is 0 Å². The van der Waals surface area contributed by atoms with Gasteiger partial charge in [-0.3, -0.25) is 9.59 Å². The lowest BCUT2D eigenvalue weighted by Crippen LogP contribution is -2.17. The zero-order valence-corrected chi connectivity index (χ0v) is 11.7. The molecule has 5 nitrogen and oxygen atoms in total. The molecule has 0 fully saturated rings. The Hall–Kier alpha value is -1.10. The number of ether oxygens (including phenoxy) is 3. The van der Waals surface area contributed by atoms with Crippen molar-refractivity contribution in [3.05, 3.63) is 0 Å². The van der Waals surface area contributed by atoms with Gasteiger partial charge < -0.3 is 14.2 Å². The Balaban J connectivity index is 3.31. The summed E-state index contributed by atoms with van der Waals surface area (Å²) in [7, 11) is 0. The molecule has 5 heteroatoms. The van der Waals surface area contributed by atoms with Gasteiger partial charge in [-0.25, -0.2) is 0 Å². The number of hydrogen-bond donors (Lipinski definition) is 0. The minimum Gasteiger partial charge on any atom is -0.463 e. The fourth-order valence-corrected chi connectivity index (χ4v) is 1.08. The standard InChI is InChI=1S/C13H24O5/c1-10(2)9-12(14)17-7-5-16-6-8-18-13(15)11(3)4/h10-11H,5-9H2,1-4H3. The van der Waals surface area contributed by atoms with Crippen LogP contribution in [0.1, 0.15) is 34.1 Å². The van der Waals surface area contributed by atoms with Crippen LogP contribution in [0.5, 0.6) is 0 Å². The molecule has 106 valence electrons. The highest BCUT2D eigenvalue weighted by Gasteiger charge is 2.07. The predicted octanol–water partition coefficient (Wildman–Crippen LogP) is 1.79. The average Bonchev–Trinajstić information content (AvgIpc) is 2.26. The summed E-state index contributed by atoms with van der Waals surface area (Å²) in [5.74, 6) is -0.266. The van der Waals surface area contributed by atoms with E-state index in [1.807, 2.05) is 13.8 Å². The summed E-state index contributed by atoms with van der Waals surface area (Å²) < 4.78 is 15.0. The number of carbonyl (C=O) groups is 2. The molecular formula is C13H24O5. The van der Waals surface area contributed by atoms with Gasteiger partial charge in [0.15, 0.2) is 0 Å². The Bertz CT molecular complexity index is 248. The lowest BCUT2D eigenvalue weighted by molar-refractivity contribution is -0.149. The van der Waals surface area contributed by atoms with Crippen LogP contribution in [0, 0.1) is 11.8 Å². The van der Waals surface area contributed by atoms with Crippen molar-refractivity contribution in [2.75, 3.05) is 26.4 Å². The van der Waals surface area contributed by atoms with Gasteiger partial charge in [-0.15, -0.1) is 0 Å². The van der Waals surface area contributed by atoms with Crippen LogP contribution in [0.3, 0.4) is 0 Å². The first kappa shape index (κ1) is 16.9. The maximum Gasteiger partial charge on any atom is 0.308 e. The minimum atomic E-state index is -0.234. The minimum absolute atomic E-state index is 0.123. The van der Waals surface area contributed by atoms with E-state index in [2.05, 4.69) is 0 Å². The van der Waals surface area contributed by atoms with Crippen LogP contribution < -0.4 is 0 Å². The second-order valence-corrected chi connectivity index (χ2v) is 4.75. The first-order valence-corrected chi connectivity index (χ1v) is 6.33. The second kappa shape index (κ2) is 9.88. The van der Waals surface area contributed by atoms with E-state index in [0.29, 0.717) is 25.6 Å². The van der Waals surface area contributed by atoms with Crippen LogP contribution in [-0.2, 0) is 23.8 Å². The van der Waals surface area contributed by atoms with Crippen molar-refractivity contribution in [1.82, 2.24) is 0 Å². The van der Waals surface area contributed by atoms with Gasteiger partial charge in [0.25, 0.3) is 0 Å². The first-order chi connectivity index (χ1) is 8.43. The van der Waals surface area contributed by atoms with Gasteiger partial charge in [0.1, 0.15) is 13.2 Å². The molecule has 0 bridgehead atoms. The predicted molar refractivity (Wildman–Crippen MR) is 67.0 cm³/mol. The fourth-order valence-electron chi connectivity index (χ4n) is 1.08. The normalized spacial score (nSPS) is 10.8. The number of rotatable bonds is 9. The summed E-state index contributed by atoms with van der Waals surface area (Å²) in [5, 5.41) is 0. The highest BCUT2D eigenvalue weighted by atomic mass is 16.6. The molecule has 0 aromatic carbocycles. The third-order valence-corrected chi connectivity index (χ3v) is 2.01. The molecule has 0 N–H and O–H groups in total. The summed E-state index contributed by atoms with van der Waals surface area (Å²) in [6.07, 6.45) is 0.423. The smallest absolute Gasteiger partial charge is 0.308 e. The molecule has 0 aliphatic rings. The van der Waals surface area contributed by atoms with Crippen molar-refractivity contribution in [2.24, 2.45) is 11.8 Å². The van der Waals surface area contributed by atoms with Gasteiger partial charge in [0, 0.05) is 6.42 Å². The molecule has 0 aliphatic carbocycles. The lowest BCUT2D eigenvalue weighted by atomic mass is 10.1. The lowest BCUT2D eigenvalue weighted by Gasteiger charge is -2.09. The van der Waals surface area contributed by atoms with Crippen molar-refractivity contribution in [3.63, 3.8) is 0 Å². The average molecular weight is 260 g/mol. The summed E-state index contributed by atoms with van der Waals surface area (Å²) in [6.45, 7) is 8.58. The highest BCUT2D eigenvalue weighted by molar-refractivity contribution is 5.71. The molecular weight excluding hydrogens is 236 g/mol. The number of esters is 2. The van der Waals surface area contributed by atoms with E-state index in [0.717, 1.165) is 0 Å². The summed E-state index contributed by atoms with van der Waals surface area (Å²) in [5.41, 5.74) is 0. The third-order valence-electron chi connectivity index (χ3n) is 2.01. The molecule has 0 saturated heterocycles. The van der Waals surface area contributed by atoms with Crippen molar-refractivity contribution < 1.29 is 23.8 Å². The fraction of sp³-hybridized carbons (Fsp3) is 0.846. The molecule has 0 spiro atoms. The summed E-state index contributed by atoms with van der Waals surface area (Å²) in [4.78, 5) is 22.2. The molecule has 0 amide bonds. The van der Waals surface area contributed by atoms with Gasteiger partial charge in [0.05, 0.1) is 19.1 Å². The van der Waals surface area contributed by atoms with Crippen LogP contribution in [0.25, 0.3) is 0 Å². The molecule has 0 heterocycles. The van der Waals surface area contributed by atoms with Crippen LogP contribution in [0.2, 0.25) is 0 Å². The molecule has 0 radical (unpaired) electrons. The Labute approximate surface area is 109 Å². The SMILES string of the molecule is CC(C)CC(=O)OCCOCCOC(=O)C(C)C. The molecule has 0 aromatic heterocycles.